The van der Waals surface area contributed by atoms with Crippen LogP contribution >= 0.6 is 34.7 Å². The summed E-state index contributed by atoms with van der Waals surface area (Å²) in [6.45, 7) is 6.37. The molecule has 0 bridgehead atoms. The van der Waals surface area contributed by atoms with E-state index in [2.05, 4.69) is 22.1 Å². The molecule has 2 heterocycles. The van der Waals surface area contributed by atoms with E-state index in [0.29, 0.717) is 44.4 Å². The van der Waals surface area contributed by atoms with Crippen LogP contribution in [0.3, 0.4) is 0 Å². The van der Waals surface area contributed by atoms with E-state index in [1.807, 2.05) is 59.3 Å². The minimum Gasteiger partial charge on any atom is -0.485 e. The number of carbonyl (C=O) groups excluding carboxylic acids is 2. The Morgan fingerprint density at radius 1 is 1.21 bits per heavy atom. The molecule has 2 aromatic heterocycles. The second kappa shape index (κ2) is 12.8. The third kappa shape index (κ3) is 6.45. The summed E-state index contributed by atoms with van der Waals surface area (Å²) in [5.41, 5.74) is 2.81. The van der Waals surface area contributed by atoms with Crippen LogP contribution in [-0.4, -0.2) is 39.5 Å². The molecule has 0 spiro atoms. The number of thiophene rings is 1. The molecular weight excluding hydrogens is 544 g/mol. The Labute approximate surface area is 233 Å². The van der Waals surface area contributed by atoms with E-state index in [1.54, 1.807) is 12.1 Å². The third-order valence-corrected chi connectivity index (χ3v) is 7.55. The van der Waals surface area contributed by atoms with Gasteiger partial charge >= 0.3 is 5.97 Å². The maximum Gasteiger partial charge on any atom is 0.341 e. The van der Waals surface area contributed by atoms with Gasteiger partial charge in [-0.25, -0.2) is 4.79 Å². The van der Waals surface area contributed by atoms with E-state index in [1.165, 1.54) is 30.2 Å². The van der Waals surface area contributed by atoms with Gasteiger partial charge in [0.25, 0.3) is 0 Å². The molecule has 1 amide bonds. The Kier molecular flexibility index (Phi) is 9.22. The van der Waals surface area contributed by atoms with Crippen LogP contribution in [0.15, 0.2) is 71.7 Å². The molecule has 4 rings (SSSR count). The highest BCUT2D eigenvalue weighted by Crippen LogP contribution is 2.36. The fourth-order valence-corrected chi connectivity index (χ4v) is 5.61. The van der Waals surface area contributed by atoms with E-state index in [4.69, 9.17) is 21.1 Å². The number of benzene rings is 2. The van der Waals surface area contributed by atoms with Gasteiger partial charge in [-0.05, 0) is 36.2 Å². The number of hydrogen-bond donors (Lipinski definition) is 1. The van der Waals surface area contributed by atoms with Crippen LogP contribution in [0.1, 0.15) is 21.7 Å². The maximum atomic E-state index is 12.9. The smallest absolute Gasteiger partial charge is 0.341 e. The number of nitrogens with one attached hydrogen (secondary N) is 1. The van der Waals surface area contributed by atoms with E-state index in [-0.39, 0.29) is 18.3 Å². The predicted octanol–water partition coefficient (Wildman–Crippen LogP) is 6.25. The third-order valence-electron chi connectivity index (χ3n) is 5.45. The highest BCUT2D eigenvalue weighted by Gasteiger charge is 2.23. The number of methoxy groups -OCH3 is 1. The molecule has 196 valence electrons. The number of anilines is 1. The zero-order valence-corrected chi connectivity index (χ0v) is 23.2. The van der Waals surface area contributed by atoms with Gasteiger partial charge in [-0.3, -0.25) is 9.36 Å². The van der Waals surface area contributed by atoms with Crippen molar-refractivity contribution in [1.29, 1.82) is 0 Å². The number of esters is 1. The molecule has 38 heavy (non-hydrogen) atoms. The Balaban J connectivity index is 1.44. The zero-order chi connectivity index (χ0) is 27.1. The van der Waals surface area contributed by atoms with Crippen molar-refractivity contribution < 1.29 is 19.1 Å². The molecule has 8 nitrogen and oxygen atoms in total. The summed E-state index contributed by atoms with van der Waals surface area (Å²) in [6, 6.07) is 14.9. The first kappa shape index (κ1) is 27.4. The standard InChI is InChI=1S/C27H25ClN4O4S2/c1-4-12-32-22(14-36-21-11-10-19(28)13-17(21)2)30-31-27(32)38-16-23(33)29-25-24(26(34)35-3)20(15-37-25)18-8-6-5-7-9-18/h4-11,13,15H,1,12,14,16H2,2-3H3,(H,29,33). The lowest BCUT2D eigenvalue weighted by molar-refractivity contribution is -0.113. The number of rotatable bonds is 11. The number of halogens is 1. The van der Waals surface area contributed by atoms with Gasteiger partial charge in [-0.15, -0.1) is 28.1 Å². The van der Waals surface area contributed by atoms with Gasteiger partial charge in [-0.1, -0.05) is 59.8 Å². The van der Waals surface area contributed by atoms with Crippen LogP contribution in [0.5, 0.6) is 5.75 Å². The van der Waals surface area contributed by atoms with Crippen molar-refractivity contribution in [2.45, 2.75) is 25.2 Å². The van der Waals surface area contributed by atoms with E-state index < -0.39 is 5.97 Å². The van der Waals surface area contributed by atoms with E-state index in [0.717, 1.165) is 11.1 Å². The molecule has 2 aromatic carbocycles. The fraction of sp³-hybridized carbons (Fsp3) is 0.185. The molecule has 0 saturated carbocycles. The van der Waals surface area contributed by atoms with Crippen LogP contribution in [0, 0.1) is 6.92 Å². The summed E-state index contributed by atoms with van der Waals surface area (Å²) in [5, 5.41) is 14.8. The molecule has 4 aromatic rings. The highest BCUT2D eigenvalue weighted by atomic mass is 35.5. The van der Waals surface area contributed by atoms with Crippen molar-refractivity contribution in [3.05, 3.63) is 88.5 Å². The summed E-state index contributed by atoms with van der Waals surface area (Å²) in [6.07, 6.45) is 1.73. The number of ether oxygens (including phenoxy) is 2. The summed E-state index contributed by atoms with van der Waals surface area (Å²) in [7, 11) is 1.32. The number of hydrogen-bond acceptors (Lipinski definition) is 8. The maximum absolute atomic E-state index is 12.9. The first-order valence-corrected chi connectivity index (χ1v) is 13.7. The Morgan fingerprint density at radius 3 is 2.71 bits per heavy atom. The number of aryl methyl sites for hydroxylation is 1. The molecule has 1 N–H and O–H groups in total. The Hall–Kier alpha value is -3.60. The van der Waals surface area contributed by atoms with Crippen LogP contribution < -0.4 is 10.1 Å². The van der Waals surface area contributed by atoms with Gasteiger partial charge in [-0.2, -0.15) is 0 Å². The first-order valence-electron chi connectivity index (χ1n) is 11.5. The highest BCUT2D eigenvalue weighted by molar-refractivity contribution is 7.99. The lowest BCUT2D eigenvalue weighted by atomic mass is 10.0. The predicted molar refractivity (Wildman–Crippen MR) is 151 cm³/mol. The molecule has 0 unspecified atom stereocenters. The quantitative estimate of drug-likeness (QED) is 0.130. The number of nitrogens with zero attached hydrogens (tertiary/aromatic N) is 3. The number of thioether (sulfide) groups is 1. The molecule has 0 aliphatic rings. The molecule has 0 atom stereocenters. The number of carbonyl (C=O) groups is 2. The van der Waals surface area contributed by atoms with Crippen LogP contribution in [-0.2, 0) is 22.7 Å². The molecule has 0 fully saturated rings. The summed E-state index contributed by atoms with van der Waals surface area (Å²) in [5.74, 6) is 0.555. The molecule has 0 radical (unpaired) electrons. The van der Waals surface area contributed by atoms with Gasteiger partial charge in [0.15, 0.2) is 11.0 Å². The normalized spacial score (nSPS) is 10.7. The summed E-state index contributed by atoms with van der Waals surface area (Å²) < 4.78 is 12.7. The van der Waals surface area contributed by atoms with Gasteiger partial charge < -0.3 is 14.8 Å². The minimum atomic E-state index is -0.514. The average molecular weight is 569 g/mol. The Bertz CT molecular complexity index is 1450. The summed E-state index contributed by atoms with van der Waals surface area (Å²) >= 11 is 8.53. The molecule has 0 aliphatic heterocycles. The van der Waals surface area contributed by atoms with Crippen molar-refractivity contribution in [3.63, 3.8) is 0 Å². The number of aromatic nitrogens is 3. The molecule has 11 heteroatoms. The monoisotopic (exact) mass is 568 g/mol. The second-order valence-electron chi connectivity index (χ2n) is 8.04. The minimum absolute atomic E-state index is 0.0611. The van der Waals surface area contributed by atoms with Gasteiger partial charge in [0.2, 0.25) is 5.91 Å². The molecule has 0 saturated heterocycles. The van der Waals surface area contributed by atoms with Crippen molar-refractivity contribution in [3.8, 4) is 16.9 Å². The lowest BCUT2D eigenvalue weighted by Crippen LogP contribution is -2.16. The van der Waals surface area contributed by atoms with Gasteiger partial charge in [0.05, 0.1) is 12.9 Å². The van der Waals surface area contributed by atoms with Gasteiger partial charge in [0.1, 0.15) is 22.9 Å². The van der Waals surface area contributed by atoms with Crippen molar-refractivity contribution >= 4 is 51.6 Å². The van der Waals surface area contributed by atoms with Crippen molar-refractivity contribution in [2.24, 2.45) is 0 Å². The topological polar surface area (TPSA) is 95.3 Å². The SMILES string of the molecule is C=CCn1c(COc2ccc(Cl)cc2C)nnc1SCC(=O)Nc1scc(-c2ccccc2)c1C(=O)OC. The zero-order valence-electron chi connectivity index (χ0n) is 20.8. The first-order chi connectivity index (χ1) is 18.4. The number of allylic oxidation sites excluding steroid dienone is 1. The van der Waals surface area contributed by atoms with Crippen molar-refractivity contribution in [2.75, 3.05) is 18.2 Å². The Morgan fingerprint density at radius 2 is 2.00 bits per heavy atom. The molecule has 0 aliphatic carbocycles. The molecular formula is C27H25ClN4O4S2. The average Bonchev–Trinajstić information content (AvgIpc) is 3.51. The van der Waals surface area contributed by atoms with E-state index in [9.17, 15) is 9.59 Å². The second-order valence-corrected chi connectivity index (χ2v) is 10.3. The number of amides is 1. The van der Waals surface area contributed by atoms with E-state index >= 15 is 0 Å². The largest absolute Gasteiger partial charge is 0.485 e. The summed E-state index contributed by atoms with van der Waals surface area (Å²) in [4.78, 5) is 25.4. The van der Waals surface area contributed by atoms with Crippen molar-refractivity contribution in [1.82, 2.24) is 14.8 Å². The van der Waals surface area contributed by atoms with Gasteiger partial charge in [0, 0.05) is 22.5 Å². The van der Waals surface area contributed by atoms with Crippen LogP contribution in [0.2, 0.25) is 5.02 Å². The van der Waals surface area contributed by atoms with Crippen LogP contribution in [0.25, 0.3) is 11.1 Å². The fourth-order valence-electron chi connectivity index (χ4n) is 3.64. The van der Waals surface area contributed by atoms with Crippen LogP contribution in [0.4, 0.5) is 5.00 Å². The lowest BCUT2D eigenvalue weighted by Gasteiger charge is -2.11.